The third-order valence-electron chi connectivity index (χ3n) is 3.57. The van der Waals surface area contributed by atoms with Gasteiger partial charge in [0, 0.05) is 19.6 Å². The van der Waals surface area contributed by atoms with Crippen molar-refractivity contribution in [3.8, 4) is 0 Å². The number of hydrogen-bond acceptors (Lipinski definition) is 5. The molecule has 20 heavy (non-hydrogen) atoms. The number of carbonyl (C=O) groups excluding carboxylic acids is 1. The molecule has 0 aromatic carbocycles. The molecule has 1 amide bonds. The topological polar surface area (TPSA) is 87.7 Å². The molecular formula is C13H25NO5P-. The molecule has 0 aromatic heterocycles. The molecule has 0 saturated heterocycles. The Balaban J connectivity index is 1.90. The van der Waals surface area contributed by atoms with E-state index in [2.05, 4.69) is 14.4 Å². The summed E-state index contributed by atoms with van der Waals surface area (Å²) in [5.74, 6) is 0.418. The Morgan fingerprint density at radius 3 is 2.55 bits per heavy atom. The number of carbonyl (C=O) groups is 1. The first-order chi connectivity index (χ1) is 9.55. The molecule has 1 N–H and O–H groups in total. The molecule has 7 heteroatoms. The summed E-state index contributed by atoms with van der Waals surface area (Å²) in [4.78, 5) is 22.6. The fourth-order valence-electron chi connectivity index (χ4n) is 2.35. The number of phosphoric ester groups is 1. The molecule has 6 nitrogen and oxygen atoms in total. The van der Waals surface area contributed by atoms with Crippen LogP contribution in [0.2, 0.25) is 0 Å². The summed E-state index contributed by atoms with van der Waals surface area (Å²) in [6.45, 7) is 0.858. The van der Waals surface area contributed by atoms with Crippen LogP contribution in [0.4, 0.5) is 0 Å². The molecule has 1 aliphatic rings. The first-order valence-corrected chi connectivity index (χ1v) is 8.80. The molecule has 1 aliphatic carbocycles. The summed E-state index contributed by atoms with van der Waals surface area (Å²) in [5.41, 5.74) is 0. The predicted molar refractivity (Wildman–Crippen MR) is 74.0 cm³/mol. The molecule has 1 saturated carbocycles. The van der Waals surface area contributed by atoms with Crippen molar-refractivity contribution in [1.29, 1.82) is 0 Å². The van der Waals surface area contributed by atoms with E-state index in [0.717, 1.165) is 39.2 Å². The normalized spacial score (nSPS) is 18.9. The van der Waals surface area contributed by atoms with Crippen LogP contribution in [-0.2, 0) is 18.4 Å². The summed E-state index contributed by atoms with van der Waals surface area (Å²) in [7, 11) is -2.98. The van der Waals surface area contributed by atoms with Gasteiger partial charge in [0.2, 0.25) is 5.91 Å². The summed E-state index contributed by atoms with van der Waals surface area (Å²) in [6.07, 6.45) is 7.81. The standard InChI is InChI=1S/C13H26NO5P/c1-18-20(16,17)19-11-7-3-2-6-10-14-13(15)12-8-4-5-9-12/h12H,2-11H2,1H3,(H,14,15)(H,16,17)/p-1. The van der Waals surface area contributed by atoms with E-state index >= 15 is 0 Å². The SMILES string of the molecule is COP(=O)([O-])OCCCCCCNC(=O)C1CCCC1. The highest BCUT2D eigenvalue weighted by atomic mass is 31.2. The van der Waals surface area contributed by atoms with Crippen LogP contribution in [0.25, 0.3) is 0 Å². The van der Waals surface area contributed by atoms with Crippen molar-refractivity contribution in [3.05, 3.63) is 0 Å². The van der Waals surface area contributed by atoms with Gasteiger partial charge in [0.15, 0.2) is 0 Å². The monoisotopic (exact) mass is 306 g/mol. The van der Waals surface area contributed by atoms with E-state index in [1.165, 1.54) is 12.8 Å². The molecule has 1 rings (SSSR count). The van der Waals surface area contributed by atoms with Crippen LogP contribution in [0.15, 0.2) is 0 Å². The van der Waals surface area contributed by atoms with E-state index in [-0.39, 0.29) is 18.4 Å². The Kier molecular flexibility index (Phi) is 8.38. The minimum atomic E-state index is -4.07. The maximum atomic E-state index is 11.7. The number of amides is 1. The Labute approximate surface area is 120 Å². The van der Waals surface area contributed by atoms with Crippen LogP contribution in [0, 0.1) is 5.92 Å². The summed E-state index contributed by atoms with van der Waals surface area (Å²) < 4.78 is 19.7. The van der Waals surface area contributed by atoms with Crippen LogP contribution in [0.3, 0.4) is 0 Å². The van der Waals surface area contributed by atoms with Crippen molar-refractivity contribution in [2.24, 2.45) is 5.92 Å². The van der Waals surface area contributed by atoms with Gasteiger partial charge in [-0.1, -0.05) is 25.7 Å². The Bertz CT molecular complexity index is 331. The quantitative estimate of drug-likeness (QED) is 0.492. The van der Waals surface area contributed by atoms with Gasteiger partial charge in [0.05, 0.1) is 6.61 Å². The lowest BCUT2D eigenvalue weighted by Gasteiger charge is -2.19. The van der Waals surface area contributed by atoms with Gasteiger partial charge in [-0.15, -0.1) is 0 Å². The number of rotatable bonds is 10. The van der Waals surface area contributed by atoms with Gasteiger partial charge in [-0.25, -0.2) is 0 Å². The maximum Gasteiger partial charge on any atom is 0.267 e. The highest BCUT2D eigenvalue weighted by Gasteiger charge is 2.21. The summed E-state index contributed by atoms with van der Waals surface area (Å²) >= 11 is 0. The number of phosphoric acid groups is 1. The fraction of sp³-hybridized carbons (Fsp3) is 0.923. The largest absolute Gasteiger partial charge is 0.756 e. The molecular weight excluding hydrogens is 281 g/mol. The van der Waals surface area contributed by atoms with Crippen LogP contribution >= 0.6 is 7.82 Å². The van der Waals surface area contributed by atoms with Crippen molar-refractivity contribution >= 4 is 13.7 Å². The average Bonchev–Trinajstić information content (AvgIpc) is 2.95. The second-order valence-corrected chi connectivity index (χ2v) is 6.67. The third-order valence-corrected chi connectivity index (χ3v) is 4.52. The minimum absolute atomic E-state index is 0.156. The van der Waals surface area contributed by atoms with Gasteiger partial charge in [-0.2, -0.15) is 0 Å². The number of hydrogen-bond donors (Lipinski definition) is 1. The summed E-state index contributed by atoms with van der Waals surface area (Å²) in [6, 6.07) is 0. The Hall–Kier alpha value is -0.420. The highest BCUT2D eigenvalue weighted by molar-refractivity contribution is 7.45. The predicted octanol–water partition coefficient (Wildman–Crippen LogP) is 1.98. The van der Waals surface area contributed by atoms with Crippen molar-refractivity contribution in [1.82, 2.24) is 5.32 Å². The second kappa shape index (κ2) is 9.50. The lowest BCUT2D eigenvalue weighted by Crippen LogP contribution is -2.30. The number of nitrogens with one attached hydrogen (secondary N) is 1. The van der Waals surface area contributed by atoms with Gasteiger partial charge < -0.3 is 19.3 Å². The third kappa shape index (κ3) is 7.39. The summed E-state index contributed by atoms with van der Waals surface area (Å²) in [5, 5.41) is 2.96. The zero-order chi connectivity index (χ0) is 14.8. The maximum absolute atomic E-state index is 11.7. The fourth-order valence-corrected chi connectivity index (χ4v) is 2.81. The van der Waals surface area contributed by atoms with Gasteiger partial charge >= 0.3 is 0 Å². The number of unbranched alkanes of at least 4 members (excludes halogenated alkanes) is 3. The van der Waals surface area contributed by atoms with Gasteiger partial charge in [0.1, 0.15) is 0 Å². The first kappa shape index (κ1) is 17.6. The smallest absolute Gasteiger partial charge is 0.267 e. The van der Waals surface area contributed by atoms with E-state index in [1.807, 2.05) is 0 Å². The molecule has 1 fully saturated rings. The average molecular weight is 306 g/mol. The first-order valence-electron chi connectivity index (χ1n) is 7.34. The molecule has 0 radical (unpaired) electrons. The van der Waals surface area contributed by atoms with E-state index in [1.54, 1.807) is 0 Å². The van der Waals surface area contributed by atoms with E-state index in [0.29, 0.717) is 13.0 Å². The molecule has 0 bridgehead atoms. The van der Waals surface area contributed by atoms with E-state index in [4.69, 9.17) is 0 Å². The van der Waals surface area contributed by atoms with Gasteiger partial charge in [0.25, 0.3) is 7.82 Å². The van der Waals surface area contributed by atoms with Crippen LogP contribution < -0.4 is 10.2 Å². The lowest BCUT2D eigenvalue weighted by atomic mass is 10.1. The van der Waals surface area contributed by atoms with Crippen LogP contribution in [0.1, 0.15) is 51.4 Å². The van der Waals surface area contributed by atoms with E-state index in [9.17, 15) is 14.3 Å². The van der Waals surface area contributed by atoms with Gasteiger partial charge in [-0.05, 0) is 25.7 Å². The molecule has 0 spiro atoms. The van der Waals surface area contributed by atoms with Gasteiger partial charge in [-0.3, -0.25) is 9.36 Å². The van der Waals surface area contributed by atoms with Crippen molar-refractivity contribution < 1.29 is 23.3 Å². The minimum Gasteiger partial charge on any atom is -0.756 e. The van der Waals surface area contributed by atoms with Crippen molar-refractivity contribution in [3.63, 3.8) is 0 Å². The van der Waals surface area contributed by atoms with Crippen molar-refractivity contribution in [2.45, 2.75) is 51.4 Å². The molecule has 118 valence electrons. The zero-order valence-electron chi connectivity index (χ0n) is 12.1. The Morgan fingerprint density at radius 1 is 1.25 bits per heavy atom. The van der Waals surface area contributed by atoms with Crippen molar-refractivity contribution in [2.75, 3.05) is 20.3 Å². The van der Waals surface area contributed by atoms with Crippen LogP contribution in [0.5, 0.6) is 0 Å². The highest BCUT2D eigenvalue weighted by Crippen LogP contribution is 2.36. The Morgan fingerprint density at radius 2 is 1.90 bits per heavy atom. The molecule has 0 heterocycles. The van der Waals surface area contributed by atoms with Crippen LogP contribution in [-0.4, -0.2) is 26.2 Å². The molecule has 0 aliphatic heterocycles. The second-order valence-electron chi connectivity index (χ2n) is 5.15. The zero-order valence-corrected chi connectivity index (χ0v) is 13.0. The lowest BCUT2D eigenvalue weighted by molar-refractivity contribution is -0.223. The van der Waals surface area contributed by atoms with E-state index < -0.39 is 7.82 Å². The molecule has 1 atom stereocenters. The molecule has 1 unspecified atom stereocenters. The molecule has 0 aromatic rings.